The standard InChI is InChI=1S/C24H27N3O4/c1-14(2)16-5-7-18(8-6-16)27-13-24-10-9-19(30-24)20(21(24)23(27)29)22(28)26(4)12-17-11-15(3)31-25-17/h5-11,14,19-21H,12-13H2,1-4H3/t19-,20+,21+,24-/m0/s1. The second-order valence-corrected chi connectivity index (χ2v) is 9.19. The van der Waals surface area contributed by atoms with Crippen LogP contribution in [0.1, 0.15) is 36.8 Å². The van der Waals surface area contributed by atoms with Gasteiger partial charge in [-0.3, -0.25) is 9.59 Å². The maximum Gasteiger partial charge on any atom is 0.234 e. The first kappa shape index (κ1) is 20.0. The quantitative estimate of drug-likeness (QED) is 0.694. The minimum Gasteiger partial charge on any atom is -0.361 e. The van der Waals surface area contributed by atoms with Gasteiger partial charge in [-0.25, -0.2) is 0 Å². The van der Waals surface area contributed by atoms with Crippen molar-refractivity contribution in [3.05, 3.63) is 59.5 Å². The number of hydrogen-bond acceptors (Lipinski definition) is 5. The first-order valence-corrected chi connectivity index (χ1v) is 10.7. The van der Waals surface area contributed by atoms with Gasteiger partial charge in [-0.2, -0.15) is 0 Å². The molecule has 7 heteroatoms. The summed E-state index contributed by atoms with van der Waals surface area (Å²) in [4.78, 5) is 30.3. The molecule has 3 aliphatic rings. The number of carbonyl (C=O) groups excluding carboxylic acids is 2. The summed E-state index contributed by atoms with van der Waals surface area (Å²) in [7, 11) is 1.73. The highest BCUT2D eigenvalue weighted by Gasteiger charge is 2.67. The first-order valence-electron chi connectivity index (χ1n) is 10.7. The molecule has 0 radical (unpaired) electrons. The van der Waals surface area contributed by atoms with E-state index in [0.29, 0.717) is 30.5 Å². The third-order valence-electron chi connectivity index (χ3n) is 6.71. The van der Waals surface area contributed by atoms with Gasteiger partial charge in [0.2, 0.25) is 11.8 Å². The van der Waals surface area contributed by atoms with Crippen LogP contribution in [0.4, 0.5) is 5.69 Å². The molecule has 4 heterocycles. The lowest BCUT2D eigenvalue weighted by atomic mass is 9.76. The highest BCUT2D eigenvalue weighted by atomic mass is 16.5. The summed E-state index contributed by atoms with van der Waals surface area (Å²) in [5.41, 5.74) is 2.02. The van der Waals surface area contributed by atoms with Crippen molar-refractivity contribution in [3.63, 3.8) is 0 Å². The Bertz CT molecular complexity index is 1060. The number of anilines is 1. The number of nitrogens with zero attached hydrogens (tertiary/aromatic N) is 3. The van der Waals surface area contributed by atoms with Crippen molar-refractivity contribution in [2.75, 3.05) is 18.5 Å². The Morgan fingerprint density at radius 2 is 2.06 bits per heavy atom. The molecular formula is C24H27N3O4. The Morgan fingerprint density at radius 3 is 2.71 bits per heavy atom. The van der Waals surface area contributed by atoms with Crippen LogP contribution in [0, 0.1) is 18.8 Å². The number of amides is 2. The Hall–Kier alpha value is -2.93. The molecule has 4 atom stereocenters. The third-order valence-corrected chi connectivity index (χ3v) is 6.71. The number of aromatic nitrogens is 1. The number of aryl methyl sites for hydroxylation is 1. The van der Waals surface area contributed by atoms with Gasteiger partial charge in [-0.1, -0.05) is 43.3 Å². The SMILES string of the molecule is Cc1cc(CN(C)C(=O)[C@@H]2[C@@H]3C=C[C@@]4(CN(c5ccc(C(C)C)cc5)C(=O)[C@@H]24)O3)no1. The highest BCUT2D eigenvalue weighted by molar-refractivity contribution is 6.03. The molecule has 2 saturated heterocycles. The average molecular weight is 421 g/mol. The van der Waals surface area contributed by atoms with E-state index < -0.39 is 17.4 Å². The van der Waals surface area contributed by atoms with Crippen LogP contribution in [0.3, 0.4) is 0 Å². The maximum atomic E-state index is 13.5. The number of ether oxygens (including phenoxy) is 1. The van der Waals surface area contributed by atoms with E-state index in [1.54, 1.807) is 16.8 Å². The summed E-state index contributed by atoms with van der Waals surface area (Å²) in [6.07, 6.45) is 3.55. The summed E-state index contributed by atoms with van der Waals surface area (Å²) < 4.78 is 11.4. The maximum absolute atomic E-state index is 13.5. The Balaban J connectivity index is 1.39. The van der Waals surface area contributed by atoms with E-state index in [4.69, 9.17) is 9.26 Å². The molecule has 2 amide bonds. The summed E-state index contributed by atoms with van der Waals surface area (Å²) >= 11 is 0. The van der Waals surface area contributed by atoms with E-state index >= 15 is 0 Å². The molecule has 0 N–H and O–H groups in total. The van der Waals surface area contributed by atoms with Crippen LogP contribution in [-0.2, 0) is 20.9 Å². The van der Waals surface area contributed by atoms with E-state index in [1.165, 1.54) is 5.56 Å². The van der Waals surface area contributed by atoms with E-state index in [1.807, 2.05) is 37.3 Å². The lowest BCUT2D eigenvalue weighted by molar-refractivity contribution is -0.139. The Morgan fingerprint density at radius 1 is 1.32 bits per heavy atom. The zero-order chi connectivity index (χ0) is 21.9. The smallest absolute Gasteiger partial charge is 0.234 e. The molecule has 7 nitrogen and oxygen atoms in total. The lowest BCUT2D eigenvalue weighted by Gasteiger charge is -2.27. The van der Waals surface area contributed by atoms with Crippen LogP contribution in [0.25, 0.3) is 0 Å². The number of rotatable bonds is 5. The summed E-state index contributed by atoms with van der Waals surface area (Å²) in [5, 5.41) is 3.97. The van der Waals surface area contributed by atoms with Gasteiger partial charge < -0.3 is 19.1 Å². The first-order chi connectivity index (χ1) is 14.8. The fourth-order valence-electron chi connectivity index (χ4n) is 5.11. The van der Waals surface area contributed by atoms with Gasteiger partial charge >= 0.3 is 0 Å². The van der Waals surface area contributed by atoms with Crippen LogP contribution in [0.5, 0.6) is 0 Å². The van der Waals surface area contributed by atoms with Crippen molar-refractivity contribution in [3.8, 4) is 0 Å². The van der Waals surface area contributed by atoms with Crippen molar-refractivity contribution >= 4 is 17.5 Å². The van der Waals surface area contributed by atoms with Crippen molar-refractivity contribution < 1.29 is 18.8 Å². The molecule has 2 aromatic rings. The molecule has 0 saturated carbocycles. The average Bonchev–Trinajstić information content (AvgIpc) is 3.49. The van der Waals surface area contributed by atoms with Gasteiger partial charge in [0, 0.05) is 18.8 Å². The Labute approximate surface area is 181 Å². The molecular weight excluding hydrogens is 394 g/mol. The summed E-state index contributed by atoms with van der Waals surface area (Å²) in [6.45, 7) is 6.86. The minimum absolute atomic E-state index is 0.0480. The van der Waals surface area contributed by atoms with E-state index in [9.17, 15) is 9.59 Å². The molecule has 162 valence electrons. The van der Waals surface area contributed by atoms with Gasteiger partial charge in [0.1, 0.15) is 17.1 Å². The van der Waals surface area contributed by atoms with Gasteiger partial charge in [0.05, 0.1) is 31.0 Å². The van der Waals surface area contributed by atoms with Crippen molar-refractivity contribution in [2.24, 2.45) is 11.8 Å². The van der Waals surface area contributed by atoms with Crippen LogP contribution in [0.15, 0.2) is 47.0 Å². The normalized spacial score (nSPS) is 28.6. The largest absolute Gasteiger partial charge is 0.361 e. The fourth-order valence-corrected chi connectivity index (χ4v) is 5.11. The van der Waals surface area contributed by atoms with Crippen molar-refractivity contribution in [1.29, 1.82) is 0 Å². The Kier molecular flexibility index (Phi) is 4.55. The van der Waals surface area contributed by atoms with E-state index in [2.05, 4.69) is 31.1 Å². The lowest BCUT2D eigenvalue weighted by Crippen LogP contribution is -2.44. The molecule has 2 bridgehead atoms. The predicted octanol–water partition coefficient (Wildman–Crippen LogP) is 3.05. The molecule has 1 aromatic heterocycles. The fraction of sp³-hybridized carbons (Fsp3) is 0.458. The van der Waals surface area contributed by atoms with Crippen LogP contribution < -0.4 is 4.90 Å². The van der Waals surface area contributed by atoms with Gasteiger partial charge in [-0.05, 0) is 30.5 Å². The van der Waals surface area contributed by atoms with Gasteiger partial charge in [0.25, 0.3) is 0 Å². The number of benzene rings is 1. The minimum atomic E-state index is -0.732. The van der Waals surface area contributed by atoms with Crippen molar-refractivity contribution in [2.45, 2.75) is 44.9 Å². The zero-order valence-corrected chi connectivity index (χ0v) is 18.2. The molecule has 1 spiro atoms. The van der Waals surface area contributed by atoms with E-state index in [0.717, 1.165) is 5.69 Å². The second kappa shape index (κ2) is 7.05. The summed E-state index contributed by atoms with van der Waals surface area (Å²) in [5.74, 6) is -0.0718. The molecule has 2 fully saturated rings. The topological polar surface area (TPSA) is 75.9 Å². The monoisotopic (exact) mass is 421 g/mol. The van der Waals surface area contributed by atoms with Gasteiger partial charge in [0.15, 0.2) is 0 Å². The van der Waals surface area contributed by atoms with Gasteiger partial charge in [-0.15, -0.1) is 0 Å². The predicted molar refractivity (Wildman–Crippen MR) is 114 cm³/mol. The molecule has 31 heavy (non-hydrogen) atoms. The summed E-state index contributed by atoms with van der Waals surface area (Å²) in [6, 6.07) is 9.90. The zero-order valence-electron chi connectivity index (χ0n) is 18.2. The second-order valence-electron chi connectivity index (χ2n) is 9.19. The van der Waals surface area contributed by atoms with Crippen molar-refractivity contribution in [1.82, 2.24) is 10.1 Å². The molecule has 0 unspecified atom stereocenters. The van der Waals surface area contributed by atoms with Crippen LogP contribution in [0.2, 0.25) is 0 Å². The van der Waals surface area contributed by atoms with Crippen LogP contribution >= 0.6 is 0 Å². The van der Waals surface area contributed by atoms with Crippen LogP contribution in [-0.4, -0.2) is 47.2 Å². The molecule has 0 aliphatic carbocycles. The number of hydrogen-bond donors (Lipinski definition) is 0. The molecule has 1 aromatic carbocycles. The van der Waals surface area contributed by atoms with E-state index in [-0.39, 0.29) is 17.9 Å². The number of carbonyl (C=O) groups is 2. The third kappa shape index (κ3) is 3.10. The highest BCUT2D eigenvalue weighted by Crippen LogP contribution is 2.53. The number of fused-ring (bicyclic) bond motifs is 1. The molecule has 3 aliphatic heterocycles. The molecule has 5 rings (SSSR count).